The highest BCUT2D eigenvalue weighted by molar-refractivity contribution is 6.30. The molecule has 122 valence electrons. The van der Waals surface area contributed by atoms with Crippen LogP contribution in [0.1, 0.15) is 17.0 Å². The second-order valence-corrected chi connectivity index (χ2v) is 5.84. The number of nitro groups is 1. The van der Waals surface area contributed by atoms with Crippen molar-refractivity contribution in [3.8, 4) is 0 Å². The molecule has 0 radical (unpaired) electrons. The molecular formula is C17H13ClN2O4. The monoisotopic (exact) mass is 344 g/mol. The van der Waals surface area contributed by atoms with Gasteiger partial charge in [-0.1, -0.05) is 59.2 Å². The van der Waals surface area contributed by atoms with Crippen LogP contribution in [0.5, 0.6) is 0 Å². The average Bonchev–Trinajstić information content (AvgIpc) is 2.95. The summed E-state index contributed by atoms with van der Waals surface area (Å²) in [7, 11) is 0. The van der Waals surface area contributed by atoms with Gasteiger partial charge in [0, 0.05) is 15.5 Å². The van der Waals surface area contributed by atoms with Crippen LogP contribution < -0.4 is 0 Å². The Morgan fingerprint density at radius 1 is 1.17 bits per heavy atom. The summed E-state index contributed by atoms with van der Waals surface area (Å²) in [6.07, 6.45) is 0. The number of carbonyl (C=O) groups excluding carboxylic acids is 1. The van der Waals surface area contributed by atoms with Crippen LogP contribution in [0.15, 0.2) is 59.8 Å². The summed E-state index contributed by atoms with van der Waals surface area (Å²) in [5.74, 6) is -2.08. The molecule has 0 aliphatic carbocycles. The van der Waals surface area contributed by atoms with Crippen molar-refractivity contribution in [1.82, 2.24) is 0 Å². The van der Waals surface area contributed by atoms with Crippen LogP contribution in [0, 0.1) is 16.0 Å². The molecule has 0 amide bonds. The van der Waals surface area contributed by atoms with Gasteiger partial charge in [-0.15, -0.1) is 0 Å². The number of hydrogen-bond acceptors (Lipinski definition) is 5. The van der Waals surface area contributed by atoms with E-state index in [1.54, 1.807) is 48.5 Å². The summed E-state index contributed by atoms with van der Waals surface area (Å²) >= 11 is 5.88. The molecular weight excluding hydrogens is 332 g/mol. The SMILES string of the molecule is O=C1ON=C(c2ccc(Cl)cc2)C1C(C[N+](=O)[O-])c1ccccc1. The highest BCUT2D eigenvalue weighted by Crippen LogP contribution is 2.33. The van der Waals surface area contributed by atoms with Gasteiger partial charge in [-0.05, 0) is 17.7 Å². The van der Waals surface area contributed by atoms with E-state index in [1.165, 1.54) is 0 Å². The Kier molecular flexibility index (Phi) is 4.57. The van der Waals surface area contributed by atoms with E-state index in [-0.39, 0.29) is 0 Å². The fourth-order valence-corrected chi connectivity index (χ4v) is 2.92. The Hall–Kier alpha value is -2.73. The molecule has 3 rings (SSSR count). The van der Waals surface area contributed by atoms with Gasteiger partial charge in [-0.3, -0.25) is 10.1 Å². The lowest BCUT2D eigenvalue weighted by Gasteiger charge is -2.19. The van der Waals surface area contributed by atoms with Crippen LogP contribution in [-0.4, -0.2) is 23.1 Å². The van der Waals surface area contributed by atoms with E-state index >= 15 is 0 Å². The zero-order chi connectivity index (χ0) is 17.1. The molecule has 1 heterocycles. The topological polar surface area (TPSA) is 81.8 Å². The molecule has 2 atom stereocenters. The molecule has 0 saturated heterocycles. The van der Waals surface area contributed by atoms with Crippen LogP contribution in [-0.2, 0) is 9.63 Å². The van der Waals surface area contributed by atoms with Crippen molar-refractivity contribution in [2.45, 2.75) is 5.92 Å². The largest absolute Gasteiger partial charge is 0.345 e. The minimum atomic E-state index is -0.834. The molecule has 2 unspecified atom stereocenters. The molecule has 1 aliphatic heterocycles. The fraction of sp³-hybridized carbons (Fsp3) is 0.176. The molecule has 2 aromatic rings. The highest BCUT2D eigenvalue weighted by Gasteiger charge is 2.43. The van der Waals surface area contributed by atoms with Crippen molar-refractivity contribution >= 4 is 23.3 Å². The molecule has 24 heavy (non-hydrogen) atoms. The number of oxime groups is 1. The molecule has 0 bridgehead atoms. The Labute approximate surface area is 142 Å². The van der Waals surface area contributed by atoms with Crippen LogP contribution in [0.2, 0.25) is 5.02 Å². The molecule has 6 nitrogen and oxygen atoms in total. The van der Waals surface area contributed by atoms with E-state index in [2.05, 4.69) is 5.16 Å². The summed E-state index contributed by atoms with van der Waals surface area (Å²) < 4.78 is 0. The predicted molar refractivity (Wildman–Crippen MR) is 88.6 cm³/mol. The van der Waals surface area contributed by atoms with E-state index in [0.717, 1.165) is 0 Å². The van der Waals surface area contributed by atoms with Crippen molar-refractivity contribution in [3.63, 3.8) is 0 Å². The zero-order valence-electron chi connectivity index (χ0n) is 12.5. The van der Waals surface area contributed by atoms with Gasteiger partial charge in [-0.25, -0.2) is 4.79 Å². The van der Waals surface area contributed by atoms with E-state index in [4.69, 9.17) is 16.4 Å². The van der Waals surface area contributed by atoms with Crippen molar-refractivity contribution < 1.29 is 14.6 Å². The summed E-state index contributed by atoms with van der Waals surface area (Å²) in [4.78, 5) is 27.8. The molecule has 7 heteroatoms. The maximum absolute atomic E-state index is 12.2. The summed E-state index contributed by atoms with van der Waals surface area (Å²) in [6, 6.07) is 15.7. The lowest BCUT2D eigenvalue weighted by molar-refractivity contribution is -0.484. The Bertz CT molecular complexity index is 790. The second kappa shape index (κ2) is 6.80. The number of benzene rings is 2. The lowest BCUT2D eigenvalue weighted by atomic mass is 9.81. The quantitative estimate of drug-likeness (QED) is 0.473. The number of carbonyl (C=O) groups is 1. The Morgan fingerprint density at radius 2 is 1.83 bits per heavy atom. The van der Waals surface area contributed by atoms with Gasteiger partial charge < -0.3 is 4.84 Å². The first-order chi connectivity index (χ1) is 11.6. The lowest BCUT2D eigenvalue weighted by Crippen LogP contribution is -2.31. The van der Waals surface area contributed by atoms with E-state index in [1.807, 2.05) is 6.07 Å². The minimum Gasteiger partial charge on any atom is -0.317 e. The molecule has 0 saturated carbocycles. The summed E-state index contributed by atoms with van der Waals surface area (Å²) in [5, 5.41) is 15.5. The third kappa shape index (κ3) is 3.28. The smallest absolute Gasteiger partial charge is 0.317 e. The fourth-order valence-electron chi connectivity index (χ4n) is 2.79. The maximum atomic E-state index is 12.2. The van der Waals surface area contributed by atoms with Gasteiger partial charge in [0.05, 0.1) is 5.92 Å². The second-order valence-electron chi connectivity index (χ2n) is 5.40. The zero-order valence-corrected chi connectivity index (χ0v) is 13.2. The van der Waals surface area contributed by atoms with Crippen LogP contribution >= 0.6 is 11.6 Å². The highest BCUT2D eigenvalue weighted by atomic mass is 35.5. The Morgan fingerprint density at radius 3 is 2.46 bits per heavy atom. The Balaban J connectivity index is 2.01. The van der Waals surface area contributed by atoms with Crippen molar-refractivity contribution in [1.29, 1.82) is 0 Å². The summed E-state index contributed by atoms with van der Waals surface area (Å²) in [5.41, 5.74) is 1.73. The number of nitrogens with zero attached hydrogens (tertiary/aromatic N) is 2. The predicted octanol–water partition coefficient (Wildman–Crippen LogP) is 3.28. The van der Waals surface area contributed by atoms with Gasteiger partial charge >= 0.3 is 5.97 Å². The number of rotatable bonds is 5. The van der Waals surface area contributed by atoms with Crippen molar-refractivity contribution in [3.05, 3.63) is 80.9 Å². The molecule has 0 spiro atoms. The van der Waals surface area contributed by atoms with Gasteiger partial charge in [-0.2, -0.15) is 0 Å². The standard InChI is InChI=1S/C17H13ClN2O4/c18-13-8-6-12(7-9-13)16-15(17(21)24-19-16)14(10-20(22)23)11-4-2-1-3-5-11/h1-9,14-15H,10H2. The molecule has 0 N–H and O–H groups in total. The van der Waals surface area contributed by atoms with Gasteiger partial charge in [0.25, 0.3) is 0 Å². The first-order valence-electron chi connectivity index (χ1n) is 7.27. The van der Waals surface area contributed by atoms with Crippen LogP contribution in [0.25, 0.3) is 0 Å². The van der Waals surface area contributed by atoms with Crippen LogP contribution in [0.4, 0.5) is 0 Å². The van der Waals surface area contributed by atoms with E-state index in [9.17, 15) is 14.9 Å². The molecule has 0 fully saturated rings. The average molecular weight is 345 g/mol. The number of hydrogen-bond donors (Lipinski definition) is 0. The van der Waals surface area contributed by atoms with E-state index < -0.39 is 29.3 Å². The molecule has 2 aromatic carbocycles. The van der Waals surface area contributed by atoms with Gasteiger partial charge in [0.15, 0.2) is 0 Å². The third-order valence-electron chi connectivity index (χ3n) is 3.90. The third-order valence-corrected chi connectivity index (χ3v) is 4.15. The molecule has 1 aliphatic rings. The van der Waals surface area contributed by atoms with Gasteiger partial charge in [0.2, 0.25) is 6.54 Å². The van der Waals surface area contributed by atoms with Gasteiger partial charge in [0.1, 0.15) is 11.6 Å². The number of halogens is 1. The maximum Gasteiger partial charge on any atom is 0.345 e. The van der Waals surface area contributed by atoms with Crippen molar-refractivity contribution in [2.75, 3.05) is 6.54 Å². The first kappa shape index (κ1) is 16.1. The van der Waals surface area contributed by atoms with E-state index in [0.29, 0.717) is 21.9 Å². The first-order valence-corrected chi connectivity index (χ1v) is 7.65. The van der Waals surface area contributed by atoms with Crippen molar-refractivity contribution in [2.24, 2.45) is 11.1 Å². The minimum absolute atomic E-state index is 0.382. The summed E-state index contributed by atoms with van der Waals surface area (Å²) in [6.45, 7) is -0.392. The van der Waals surface area contributed by atoms with Crippen LogP contribution in [0.3, 0.4) is 0 Å². The molecule has 0 aromatic heterocycles. The normalized spacial score (nSPS) is 18.0.